The van der Waals surface area contributed by atoms with Crippen LogP contribution in [0.15, 0.2) is 72.4 Å². The first-order valence-electron chi connectivity index (χ1n) is 10.9. The van der Waals surface area contributed by atoms with Crippen LogP contribution in [0.3, 0.4) is 0 Å². The van der Waals surface area contributed by atoms with Crippen LogP contribution in [-0.4, -0.2) is 39.7 Å². The standard InChI is InChI=1S/C27H24N2O5/c1-32-20-9-6-8-19(16-20)29-26(30)24(18-11-12-22(33-2)23(15-18)34-3)25(27(29)31)28-14-13-17-7-4-5-10-21(17)28/h4-12,15-16H,13-14H2,1-3H3. The van der Waals surface area contributed by atoms with Crippen LogP contribution in [0.1, 0.15) is 11.1 Å². The molecule has 7 nitrogen and oxygen atoms in total. The molecule has 3 aromatic carbocycles. The molecule has 5 rings (SSSR count). The molecule has 0 aliphatic carbocycles. The number of para-hydroxylation sites is 1. The molecule has 2 heterocycles. The molecule has 0 saturated heterocycles. The number of carbonyl (C=O) groups excluding carboxylic acids is 2. The molecule has 2 amide bonds. The Bertz CT molecular complexity index is 1330. The number of fused-ring (bicyclic) bond motifs is 1. The van der Waals surface area contributed by atoms with Gasteiger partial charge in [-0.1, -0.05) is 30.3 Å². The Morgan fingerprint density at radius 1 is 0.765 bits per heavy atom. The van der Waals surface area contributed by atoms with Crippen molar-refractivity contribution in [1.29, 1.82) is 0 Å². The second kappa shape index (κ2) is 8.59. The number of rotatable bonds is 6. The molecule has 2 aliphatic heterocycles. The van der Waals surface area contributed by atoms with E-state index in [0.717, 1.165) is 17.7 Å². The lowest BCUT2D eigenvalue weighted by Gasteiger charge is -2.22. The number of methoxy groups -OCH3 is 3. The van der Waals surface area contributed by atoms with E-state index in [-0.39, 0.29) is 5.91 Å². The minimum atomic E-state index is -0.398. The summed E-state index contributed by atoms with van der Waals surface area (Å²) in [6.45, 7) is 0.608. The van der Waals surface area contributed by atoms with Crippen molar-refractivity contribution in [3.63, 3.8) is 0 Å². The maximum Gasteiger partial charge on any atom is 0.282 e. The van der Waals surface area contributed by atoms with E-state index in [4.69, 9.17) is 14.2 Å². The topological polar surface area (TPSA) is 68.3 Å². The van der Waals surface area contributed by atoms with Crippen LogP contribution in [0.4, 0.5) is 11.4 Å². The Labute approximate surface area is 197 Å². The SMILES string of the molecule is COc1cccc(N2C(=O)C(c3ccc(OC)c(OC)c3)=C(N3CCc4ccccc43)C2=O)c1. The predicted octanol–water partition coefficient (Wildman–Crippen LogP) is 4.06. The first-order chi connectivity index (χ1) is 16.6. The highest BCUT2D eigenvalue weighted by Gasteiger charge is 2.44. The van der Waals surface area contributed by atoms with Crippen LogP contribution in [0.2, 0.25) is 0 Å². The van der Waals surface area contributed by atoms with Crippen molar-refractivity contribution in [1.82, 2.24) is 0 Å². The molecule has 0 fully saturated rings. The van der Waals surface area contributed by atoms with Gasteiger partial charge in [-0.2, -0.15) is 0 Å². The van der Waals surface area contributed by atoms with Gasteiger partial charge in [0, 0.05) is 18.3 Å². The molecule has 0 unspecified atom stereocenters. The van der Waals surface area contributed by atoms with Crippen LogP contribution in [0.5, 0.6) is 17.2 Å². The molecule has 7 heteroatoms. The maximum absolute atomic E-state index is 13.9. The molecule has 0 bridgehead atoms. The summed E-state index contributed by atoms with van der Waals surface area (Å²) >= 11 is 0. The summed E-state index contributed by atoms with van der Waals surface area (Å²) in [6, 6.07) is 20.1. The van der Waals surface area contributed by atoms with Gasteiger partial charge in [0.1, 0.15) is 11.4 Å². The molecule has 3 aromatic rings. The Morgan fingerprint density at radius 2 is 1.56 bits per heavy atom. The summed E-state index contributed by atoms with van der Waals surface area (Å²) in [6.07, 6.45) is 0.791. The average molecular weight is 456 g/mol. The van der Waals surface area contributed by atoms with Crippen LogP contribution in [0.25, 0.3) is 5.57 Å². The fourth-order valence-electron chi connectivity index (χ4n) is 4.58. The Morgan fingerprint density at radius 3 is 2.32 bits per heavy atom. The van der Waals surface area contributed by atoms with Gasteiger partial charge in [0.05, 0.1) is 32.6 Å². The molecule has 0 radical (unpaired) electrons. The van der Waals surface area contributed by atoms with Gasteiger partial charge in [-0.05, 0) is 47.9 Å². The Balaban J connectivity index is 1.69. The van der Waals surface area contributed by atoms with E-state index in [0.29, 0.717) is 46.3 Å². The van der Waals surface area contributed by atoms with Crippen molar-refractivity contribution >= 4 is 28.8 Å². The number of nitrogens with zero attached hydrogens (tertiary/aromatic N) is 2. The first-order valence-corrected chi connectivity index (χ1v) is 10.9. The van der Waals surface area contributed by atoms with Gasteiger partial charge < -0.3 is 19.1 Å². The van der Waals surface area contributed by atoms with E-state index in [9.17, 15) is 9.59 Å². The van der Waals surface area contributed by atoms with Crippen molar-refractivity contribution in [3.05, 3.63) is 83.6 Å². The van der Waals surface area contributed by atoms with E-state index < -0.39 is 5.91 Å². The van der Waals surface area contributed by atoms with Crippen LogP contribution < -0.4 is 24.0 Å². The largest absolute Gasteiger partial charge is 0.497 e. The third kappa shape index (κ3) is 3.37. The van der Waals surface area contributed by atoms with E-state index in [2.05, 4.69) is 0 Å². The Kier molecular flexibility index (Phi) is 5.45. The summed E-state index contributed by atoms with van der Waals surface area (Å²) in [5, 5.41) is 0. The predicted molar refractivity (Wildman–Crippen MR) is 129 cm³/mol. The fraction of sp³-hybridized carbons (Fsp3) is 0.185. The second-order valence-corrected chi connectivity index (χ2v) is 7.97. The van der Waals surface area contributed by atoms with Gasteiger partial charge in [-0.25, -0.2) is 4.90 Å². The lowest BCUT2D eigenvalue weighted by atomic mass is 10.0. The third-order valence-electron chi connectivity index (χ3n) is 6.20. The zero-order chi connectivity index (χ0) is 23.8. The summed E-state index contributed by atoms with van der Waals surface area (Å²) in [7, 11) is 4.64. The first kappa shape index (κ1) is 21.6. The normalized spacial score (nSPS) is 15.1. The minimum Gasteiger partial charge on any atom is -0.497 e. The van der Waals surface area contributed by atoms with Gasteiger partial charge in [0.15, 0.2) is 11.5 Å². The second-order valence-electron chi connectivity index (χ2n) is 7.97. The van der Waals surface area contributed by atoms with Crippen molar-refractivity contribution in [2.45, 2.75) is 6.42 Å². The highest BCUT2D eigenvalue weighted by Crippen LogP contribution is 2.42. The zero-order valence-corrected chi connectivity index (χ0v) is 19.2. The lowest BCUT2D eigenvalue weighted by molar-refractivity contribution is -0.120. The van der Waals surface area contributed by atoms with E-state index in [1.54, 1.807) is 56.7 Å². The number of carbonyl (C=O) groups is 2. The molecule has 0 atom stereocenters. The number of amides is 2. The molecule has 34 heavy (non-hydrogen) atoms. The number of anilines is 2. The summed E-state index contributed by atoms with van der Waals surface area (Å²) < 4.78 is 16.2. The van der Waals surface area contributed by atoms with Crippen LogP contribution >= 0.6 is 0 Å². The van der Waals surface area contributed by atoms with Crippen molar-refractivity contribution < 1.29 is 23.8 Å². The Hall–Kier alpha value is -4.26. The van der Waals surface area contributed by atoms with Gasteiger partial charge >= 0.3 is 0 Å². The molecule has 0 saturated carbocycles. The number of hydrogen-bond donors (Lipinski definition) is 0. The van der Waals surface area contributed by atoms with Crippen LogP contribution in [-0.2, 0) is 16.0 Å². The molecular weight excluding hydrogens is 432 g/mol. The molecule has 0 aromatic heterocycles. The van der Waals surface area contributed by atoms with Crippen molar-refractivity contribution in [3.8, 4) is 17.2 Å². The van der Waals surface area contributed by atoms with Gasteiger partial charge in [0.25, 0.3) is 11.8 Å². The number of benzene rings is 3. The fourth-order valence-corrected chi connectivity index (χ4v) is 4.58. The van der Waals surface area contributed by atoms with Gasteiger partial charge in [-0.3, -0.25) is 9.59 Å². The van der Waals surface area contributed by atoms with E-state index in [1.807, 2.05) is 29.2 Å². The summed E-state index contributed by atoms with van der Waals surface area (Å²) in [5.41, 5.74) is 3.79. The summed E-state index contributed by atoms with van der Waals surface area (Å²) in [4.78, 5) is 30.9. The lowest BCUT2D eigenvalue weighted by Crippen LogP contribution is -2.34. The van der Waals surface area contributed by atoms with Crippen molar-refractivity contribution in [2.75, 3.05) is 37.7 Å². The van der Waals surface area contributed by atoms with Crippen molar-refractivity contribution in [2.24, 2.45) is 0 Å². The minimum absolute atomic E-state index is 0.325. The average Bonchev–Trinajstić information content (AvgIpc) is 3.41. The maximum atomic E-state index is 13.9. The highest BCUT2D eigenvalue weighted by molar-refractivity contribution is 6.46. The number of imide groups is 1. The quantitative estimate of drug-likeness (QED) is 0.521. The molecule has 0 N–H and O–H groups in total. The third-order valence-corrected chi connectivity index (χ3v) is 6.20. The molecular formula is C27H24N2O5. The molecule has 172 valence electrons. The monoisotopic (exact) mass is 456 g/mol. The van der Waals surface area contributed by atoms with E-state index in [1.165, 1.54) is 12.0 Å². The number of ether oxygens (including phenoxy) is 3. The zero-order valence-electron chi connectivity index (χ0n) is 19.2. The van der Waals surface area contributed by atoms with Gasteiger partial charge in [-0.15, -0.1) is 0 Å². The smallest absolute Gasteiger partial charge is 0.282 e. The van der Waals surface area contributed by atoms with Crippen LogP contribution in [0, 0.1) is 0 Å². The van der Waals surface area contributed by atoms with Gasteiger partial charge in [0.2, 0.25) is 0 Å². The van der Waals surface area contributed by atoms with E-state index >= 15 is 0 Å². The molecule has 2 aliphatic rings. The number of hydrogen-bond acceptors (Lipinski definition) is 6. The highest BCUT2D eigenvalue weighted by atomic mass is 16.5. The summed E-state index contributed by atoms with van der Waals surface area (Å²) in [5.74, 6) is 0.811. The molecule has 0 spiro atoms.